The van der Waals surface area contributed by atoms with Crippen molar-refractivity contribution in [3.05, 3.63) is 15.9 Å². The fraction of sp³-hybridized carbons (Fsp3) is 0.800. The van der Waals surface area contributed by atoms with Crippen molar-refractivity contribution >= 4 is 15.9 Å². The maximum Gasteiger partial charge on any atom is 0.0900 e. The zero-order valence-corrected chi connectivity index (χ0v) is 13.9. The molecule has 2 unspecified atom stereocenters. The van der Waals surface area contributed by atoms with Crippen molar-refractivity contribution in [3.8, 4) is 0 Å². The van der Waals surface area contributed by atoms with Crippen molar-refractivity contribution in [1.29, 1.82) is 0 Å². The highest BCUT2D eigenvalue weighted by Gasteiger charge is 2.22. The zero-order chi connectivity index (χ0) is 13.8. The van der Waals surface area contributed by atoms with E-state index in [1.165, 1.54) is 32.1 Å². The van der Waals surface area contributed by atoms with Crippen molar-refractivity contribution in [3.63, 3.8) is 0 Å². The van der Waals surface area contributed by atoms with Gasteiger partial charge in [0.15, 0.2) is 0 Å². The highest BCUT2D eigenvalue weighted by Crippen LogP contribution is 2.30. The van der Waals surface area contributed by atoms with E-state index in [0.717, 1.165) is 28.2 Å². The summed E-state index contributed by atoms with van der Waals surface area (Å²) < 4.78 is 9.20. The number of rotatable bonds is 5. The SMILES string of the molecule is CCc1nn(C)c(COC2CCCC(CC)C2)c1Br. The second kappa shape index (κ2) is 6.89. The van der Waals surface area contributed by atoms with Crippen LogP contribution in [0.1, 0.15) is 57.3 Å². The highest BCUT2D eigenvalue weighted by molar-refractivity contribution is 9.10. The summed E-state index contributed by atoms with van der Waals surface area (Å²) in [5.74, 6) is 0.861. The minimum atomic E-state index is 0.436. The molecular formula is C15H25BrN2O. The molecule has 0 N–H and O–H groups in total. The average Bonchev–Trinajstić information content (AvgIpc) is 2.71. The van der Waals surface area contributed by atoms with Crippen LogP contribution < -0.4 is 0 Å². The molecule has 108 valence electrons. The third-order valence-corrected chi connectivity index (χ3v) is 5.19. The van der Waals surface area contributed by atoms with Gasteiger partial charge < -0.3 is 4.74 Å². The molecule has 0 amide bonds. The van der Waals surface area contributed by atoms with Crippen LogP contribution in [-0.4, -0.2) is 15.9 Å². The number of nitrogens with zero attached hydrogens (tertiary/aromatic N) is 2. The quantitative estimate of drug-likeness (QED) is 0.808. The van der Waals surface area contributed by atoms with Crippen LogP contribution in [0, 0.1) is 5.92 Å². The Morgan fingerprint density at radius 3 is 2.79 bits per heavy atom. The molecule has 0 aromatic carbocycles. The molecule has 0 spiro atoms. The molecule has 1 aliphatic rings. The van der Waals surface area contributed by atoms with E-state index >= 15 is 0 Å². The average molecular weight is 329 g/mol. The van der Waals surface area contributed by atoms with Crippen LogP contribution in [-0.2, 0) is 24.8 Å². The topological polar surface area (TPSA) is 27.1 Å². The van der Waals surface area contributed by atoms with E-state index < -0.39 is 0 Å². The molecule has 1 aliphatic carbocycles. The van der Waals surface area contributed by atoms with Crippen molar-refractivity contribution in [2.75, 3.05) is 0 Å². The first kappa shape index (κ1) is 15.0. The lowest BCUT2D eigenvalue weighted by Crippen LogP contribution is -2.23. The second-order valence-corrected chi connectivity index (χ2v) is 6.35. The number of hydrogen-bond acceptors (Lipinski definition) is 2. The normalized spacial score (nSPS) is 23.8. The number of aryl methyl sites for hydroxylation is 2. The third kappa shape index (κ3) is 3.60. The summed E-state index contributed by atoms with van der Waals surface area (Å²) in [5, 5.41) is 4.51. The Labute approximate surface area is 124 Å². The Hall–Kier alpha value is -0.350. The Balaban J connectivity index is 1.93. The van der Waals surface area contributed by atoms with Crippen LogP contribution >= 0.6 is 15.9 Å². The molecular weight excluding hydrogens is 304 g/mol. The Morgan fingerprint density at radius 1 is 1.37 bits per heavy atom. The largest absolute Gasteiger partial charge is 0.372 e. The first-order chi connectivity index (χ1) is 9.15. The fourth-order valence-electron chi connectivity index (χ4n) is 2.94. The minimum absolute atomic E-state index is 0.436. The molecule has 0 radical (unpaired) electrons. The molecule has 1 heterocycles. The van der Waals surface area contributed by atoms with Crippen LogP contribution in [0.2, 0.25) is 0 Å². The molecule has 3 nitrogen and oxygen atoms in total. The van der Waals surface area contributed by atoms with Crippen LogP contribution in [0.25, 0.3) is 0 Å². The van der Waals surface area contributed by atoms with Crippen LogP contribution in [0.15, 0.2) is 4.47 Å². The van der Waals surface area contributed by atoms with Crippen molar-refractivity contribution in [1.82, 2.24) is 9.78 Å². The number of aromatic nitrogens is 2. The van der Waals surface area contributed by atoms with Gasteiger partial charge in [0.05, 0.1) is 28.6 Å². The first-order valence-electron chi connectivity index (χ1n) is 7.47. The van der Waals surface area contributed by atoms with E-state index in [9.17, 15) is 0 Å². The van der Waals surface area contributed by atoms with Gasteiger partial charge in [0.1, 0.15) is 0 Å². The van der Waals surface area contributed by atoms with Gasteiger partial charge in [-0.25, -0.2) is 0 Å². The van der Waals surface area contributed by atoms with E-state index in [2.05, 4.69) is 34.9 Å². The molecule has 1 aromatic rings. The number of ether oxygens (including phenoxy) is 1. The van der Waals surface area contributed by atoms with Gasteiger partial charge in [-0.1, -0.05) is 33.1 Å². The minimum Gasteiger partial charge on any atom is -0.372 e. The second-order valence-electron chi connectivity index (χ2n) is 5.56. The van der Waals surface area contributed by atoms with Crippen LogP contribution in [0.3, 0.4) is 0 Å². The van der Waals surface area contributed by atoms with Gasteiger partial charge >= 0.3 is 0 Å². The van der Waals surface area contributed by atoms with E-state index in [1.807, 2.05) is 11.7 Å². The van der Waals surface area contributed by atoms with Crippen molar-refractivity contribution in [2.45, 2.75) is 65.1 Å². The van der Waals surface area contributed by atoms with Crippen molar-refractivity contribution < 1.29 is 4.74 Å². The van der Waals surface area contributed by atoms with E-state index in [-0.39, 0.29) is 0 Å². The molecule has 1 saturated carbocycles. The molecule has 0 aliphatic heterocycles. The van der Waals surface area contributed by atoms with Gasteiger partial charge in [0.2, 0.25) is 0 Å². The Morgan fingerprint density at radius 2 is 2.16 bits per heavy atom. The summed E-state index contributed by atoms with van der Waals surface area (Å²) in [5.41, 5.74) is 2.28. The summed E-state index contributed by atoms with van der Waals surface area (Å²) in [6.07, 6.45) is 7.82. The number of halogens is 1. The maximum atomic E-state index is 6.13. The summed E-state index contributed by atoms with van der Waals surface area (Å²) in [4.78, 5) is 0. The van der Waals surface area contributed by atoms with Crippen LogP contribution in [0.5, 0.6) is 0 Å². The van der Waals surface area contributed by atoms with E-state index in [0.29, 0.717) is 12.7 Å². The van der Waals surface area contributed by atoms with E-state index in [1.54, 1.807) is 0 Å². The Kier molecular flexibility index (Phi) is 5.46. The van der Waals surface area contributed by atoms with Gasteiger partial charge in [-0.15, -0.1) is 0 Å². The number of hydrogen-bond donors (Lipinski definition) is 0. The van der Waals surface area contributed by atoms with Gasteiger partial charge in [-0.05, 0) is 41.1 Å². The van der Waals surface area contributed by atoms with Crippen LogP contribution in [0.4, 0.5) is 0 Å². The molecule has 4 heteroatoms. The van der Waals surface area contributed by atoms with Crippen molar-refractivity contribution in [2.24, 2.45) is 13.0 Å². The zero-order valence-electron chi connectivity index (χ0n) is 12.3. The smallest absolute Gasteiger partial charge is 0.0900 e. The maximum absolute atomic E-state index is 6.13. The molecule has 1 fully saturated rings. The van der Waals surface area contributed by atoms with E-state index in [4.69, 9.17) is 4.74 Å². The summed E-state index contributed by atoms with van der Waals surface area (Å²) in [6.45, 7) is 5.09. The van der Waals surface area contributed by atoms with Gasteiger partial charge in [0, 0.05) is 7.05 Å². The predicted octanol–water partition coefficient (Wildman–Crippen LogP) is 4.23. The summed E-state index contributed by atoms with van der Waals surface area (Å²) >= 11 is 3.65. The molecule has 19 heavy (non-hydrogen) atoms. The van der Waals surface area contributed by atoms with Gasteiger partial charge in [-0.2, -0.15) is 5.10 Å². The fourth-order valence-corrected chi connectivity index (χ4v) is 3.67. The lowest BCUT2D eigenvalue weighted by molar-refractivity contribution is -0.00109. The predicted molar refractivity (Wildman–Crippen MR) is 81.1 cm³/mol. The molecule has 0 saturated heterocycles. The lowest BCUT2D eigenvalue weighted by atomic mass is 9.85. The molecule has 2 atom stereocenters. The standard InChI is InChI=1S/C15H25BrN2O/c1-4-11-7-6-8-12(9-11)19-10-14-15(16)13(5-2)17-18(14)3/h11-12H,4-10H2,1-3H3. The van der Waals surface area contributed by atoms with Gasteiger partial charge in [-0.3, -0.25) is 4.68 Å². The molecule has 1 aromatic heterocycles. The monoisotopic (exact) mass is 328 g/mol. The summed E-state index contributed by atoms with van der Waals surface area (Å²) in [7, 11) is 2.00. The molecule has 2 rings (SSSR count). The highest BCUT2D eigenvalue weighted by atomic mass is 79.9. The lowest BCUT2D eigenvalue weighted by Gasteiger charge is -2.28. The third-order valence-electron chi connectivity index (χ3n) is 4.27. The van der Waals surface area contributed by atoms with Gasteiger partial charge in [0.25, 0.3) is 0 Å². The summed E-state index contributed by atoms with van der Waals surface area (Å²) in [6, 6.07) is 0. The Bertz CT molecular complexity index is 417. The molecule has 0 bridgehead atoms. The first-order valence-corrected chi connectivity index (χ1v) is 8.26.